The van der Waals surface area contributed by atoms with Crippen LogP contribution >= 0.6 is 0 Å². The second-order valence-corrected chi connectivity index (χ2v) is 4.14. The van der Waals surface area contributed by atoms with Gasteiger partial charge in [-0.2, -0.15) is 0 Å². The number of hydrogen-bond donors (Lipinski definition) is 1. The zero-order valence-electron chi connectivity index (χ0n) is 8.65. The van der Waals surface area contributed by atoms with E-state index in [1.165, 1.54) is 32.2 Å². The van der Waals surface area contributed by atoms with E-state index in [2.05, 4.69) is 14.9 Å². The van der Waals surface area contributed by atoms with Gasteiger partial charge in [-0.1, -0.05) is 12.8 Å². The third-order valence-electron chi connectivity index (χ3n) is 2.76. The quantitative estimate of drug-likeness (QED) is 0.667. The number of aryl methyl sites for hydroxylation is 1. The van der Waals surface area contributed by atoms with Gasteiger partial charge < -0.3 is 9.88 Å². The summed E-state index contributed by atoms with van der Waals surface area (Å²) in [5.41, 5.74) is 0. The summed E-state index contributed by atoms with van der Waals surface area (Å²) in [6, 6.07) is 0. The zero-order valence-corrected chi connectivity index (χ0v) is 8.65. The first-order valence-corrected chi connectivity index (χ1v) is 5.61. The summed E-state index contributed by atoms with van der Waals surface area (Å²) in [4.78, 5) is 4.01. The van der Waals surface area contributed by atoms with Crippen LogP contribution in [-0.2, 0) is 6.54 Å². The summed E-state index contributed by atoms with van der Waals surface area (Å²) in [6.45, 7) is 3.41. The lowest BCUT2D eigenvalue weighted by Crippen LogP contribution is -2.18. The first-order valence-electron chi connectivity index (χ1n) is 5.61. The van der Waals surface area contributed by atoms with Crippen LogP contribution in [0.1, 0.15) is 25.7 Å². The Morgan fingerprint density at radius 3 is 3.00 bits per heavy atom. The fraction of sp³-hybridized carbons (Fsp3) is 0.727. The number of nitrogens with zero attached hydrogens (tertiary/aromatic N) is 2. The molecule has 0 atom stereocenters. The van der Waals surface area contributed by atoms with Gasteiger partial charge in [0.15, 0.2) is 0 Å². The summed E-state index contributed by atoms with van der Waals surface area (Å²) in [5.74, 6) is 1.05. The average Bonchev–Trinajstić information content (AvgIpc) is 2.87. The minimum Gasteiger partial charge on any atom is -0.337 e. The highest BCUT2D eigenvalue weighted by molar-refractivity contribution is 4.75. The molecule has 1 heterocycles. The third-order valence-corrected chi connectivity index (χ3v) is 2.76. The average molecular weight is 193 g/mol. The van der Waals surface area contributed by atoms with Crippen LogP contribution in [-0.4, -0.2) is 22.6 Å². The molecule has 1 fully saturated rings. The molecule has 0 aromatic carbocycles. The highest BCUT2D eigenvalue weighted by atomic mass is 15.0. The molecule has 0 radical (unpaired) electrons. The van der Waals surface area contributed by atoms with Gasteiger partial charge in [0.05, 0.1) is 6.33 Å². The Labute approximate surface area is 85.5 Å². The van der Waals surface area contributed by atoms with Crippen LogP contribution in [0.2, 0.25) is 0 Å². The highest BCUT2D eigenvalue weighted by Gasteiger charge is 2.19. The van der Waals surface area contributed by atoms with Gasteiger partial charge in [-0.15, -0.1) is 0 Å². The van der Waals surface area contributed by atoms with Crippen molar-refractivity contribution in [1.82, 2.24) is 14.9 Å². The Morgan fingerprint density at radius 1 is 1.36 bits per heavy atom. The van der Waals surface area contributed by atoms with Crippen molar-refractivity contribution in [3.8, 4) is 0 Å². The molecule has 1 aromatic rings. The van der Waals surface area contributed by atoms with E-state index in [1.54, 1.807) is 0 Å². The molecule has 0 spiro atoms. The summed E-state index contributed by atoms with van der Waals surface area (Å²) < 4.78 is 2.13. The van der Waals surface area contributed by atoms with Gasteiger partial charge in [-0.3, -0.25) is 0 Å². The van der Waals surface area contributed by atoms with Gasteiger partial charge >= 0.3 is 0 Å². The number of aromatic nitrogens is 2. The Bertz CT molecular complexity index is 239. The molecule has 1 aliphatic carbocycles. The lowest BCUT2D eigenvalue weighted by molar-refractivity contribution is 0.557. The van der Waals surface area contributed by atoms with Crippen molar-refractivity contribution in [2.75, 3.05) is 13.1 Å². The first kappa shape index (κ1) is 9.71. The van der Waals surface area contributed by atoms with E-state index in [-0.39, 0.29) is 0 Å². The molecule has 1 aromatic heterocycles. The number of nitrogens with one attached hydrogen (secondary N) is 1. The maximum absolute atomic E-state index is 4.01. The Balaban J connectivity index is 1.43. The molecule has 1 N–H and O–H groups in total. The second kappa shape index (κ2) is 5.15. The minimum atomic E-state index is 1.05. The summed E-state index contributed by atoms with van der Waals surface area (Å²) in [6.07, 6.45) is 11.2. The van der Waals surface area contributed by atoms with Crippen molar-refractivity contribution < 1.29 is 0 Å². The molecular weight excluding hydrogens is 174 g/mol. The molecule has 0 unspecified atom stereocenters. The zero-order chi connectivity index (χ0) is 9.64. The number of rotatable bonds is 7. The van der Waals surface area contributed by atoms with Gasteiger partial charge in [0.1, 0.15) is 0 Å². The Kier molecular flexibility index (Phi) is 3.57. The molecule has 0 bridgehead atoms. The van der Waals surface area contributed by atoms with E-state index in [1.807, 2.05) is 18.7 Å². The molecule has 3 nitrogen and oxygen atoms in total. The van der Waals surface area contributed by atoms with Gasteiger partial charge in [0, 0.05) is 18.9 Å². The molecule has 3 heteroatoms. The maximum Gasteiger partial charge on any atom is 0.0945 e. The number of hydrogen-bond acceptors (Lipinski definition) is 2. The topological polar surface area (TPSA) is 29.9 Å². The smallest absolute Gasteiger partial charge is 0.0945 e. The van der Waals surface area contributed by atoms with Gasteiger partial charge in [-0.05, 0) is 31.8 Å². The van der Waals surface area contributed by atoms with Crippen LogP contribution in [0.4, 0.5) is 0 Å². The summed E-state index contributed by atoms with van der Waals surface area (Å²) >= 11 is 0. The minimum absolute atomic E-state index is 1.05. The lowest BCUT2D eigenvalue weighted by Gasteiger charge is -2.04. The molecule has 1 saturated carbocycles. The molecule has 14 heavy (non-hydrogen) atoms. The molecule has 0 aliphatic heterocycles. The largest absolute Gasteiger partial charge is 0.337 e. The standard InChI is InChI=1S/C11H19N3/c1(8-14-9-7-13-10-14)5-12-6-4-11-2-3-11/h7,9-12H,1-6,8H2. The summed E-state index contributed by atoms with van der Waals surface area (Å²) in [5, 5.41) is 3.49. The van der Waals surface area contributed by atoms with Crippen LogP contribution in [0.3, 0.4) is 0 Å². The predicted octanol–water partition coefficient (Wildman–Crippen LogP) is 1.66. The van der Waals surface area contributed by atoms with Crippen molar-refractivity contribution >= 4 is 0 Å². The number of imidazole rings is 1. The second-order valence-electron chi connectivity index (χ2n) is 4.14. The van der Waals surface area contributed by atoms with E-state index < -0.39 is 0 Å². The first-order chi connectivity index (χ1) is 6.95. The van der Waals surface area contributed by atoms with Crippen LogP contribution in [0.15, 0.2) is 18.7 Å². The van der Waals surface area contributed by atoms with Gasteiger partial charge in [-0.25, -0.2) is 4.98 Å². The molecule has 1 aliphatic rings. The van der Waals surface area contributed by atoms with Crippen molar-refractivity contribution in [3.05, 3.63) is 18.7 Å². The van der Waals surface area contributed by atoms with Gasteiger partial charge in [0.2, 0.25) is 0 Å². The SMILES string of the molecule is c1cn(CCCNCCC2CC2)cn1. The van der Waals surface area contributed by atoms with E-state index >= 15 is 0 Å². The third kappa shape index (κ3) is 3.50. The maximum atomic E-state index is 4.01. The van der Waals surface area contributed by atoms with E-state index in [4.69, 9.17) is 0 Å². The lowest BCUT2D eigenvalue weighted by atomic mass is 10.3. The highest BCUT2D eigenvalue weighted by Crippen LogP contribution is 2.31. The Hall–Kier alpha value is -0.830. The van der Waals surface area contributed by atoms with E-state index in [0.29, 0.717) is 0 Å². The van der Waals surface area contributed by atoms with Crippen molar-refractivity contribution in [2.24, 2.45) is 5.92 Å². The fourth-order valence-corrected chi connectivity index (χ4v) is 1.64. The van der Waals surface area contributed by atoms with Crippen LogP contribution < -0.4 is 5.32 Å². The van der Waals surface area contributed by atoms with Crippen molar-refractivity contribution in [2.45, 2.75) is 32.2 Å². The normalized spacial score (nSPS) is 16.0. The van der Waals surface area contributed by atoms with Crippen LogP contribution in [0.5, 0.6) is 0 Å². The predicted molar refractivity (Wildman–Crippen MR) is 57.1 cm³/mol. The molecule has 78 valence electrons. The van der Waals surface area contributed by atoms with E-state index in [9.17, 15) is 0 Å². The monoisotopic (exact) mass is 193 g/mol. The molecule has 0 amide bonds. The fourth-order valence-electron chi connectivity index (χ4n) is 1.64. The Morgan fingerprint density at radius 2 is 2.29 bits per heavy atom. The van der Waals surface area contributed by atoms with Gasteiger partial charge in [0.25, 0.3) is 0 Å². The molecule has 0 saturated heterocycles. The summed E-state index contributed by atoms with van der Waals surface area (Å²) in [7, 11) is 0. The van der Waals surface area contributed by atoms with E-state index in [0.717, 1.165) is 19.0 Å². The van der Waals surface area contributed by atoms with Crippen molar-refractivity contribution in [1.29, 1.82) is 0 Å². The van der Waals surface area contributed by atoms with Crippen LogP contribution in [0.25, 0.3) is 0 Å². The molecule has 2 rings (SSSR count). The van der Waals surface area contributed by atoms with Crippen molar-refractivity contribution in [3.63, 3.8) is 0 Å². The van der Waals surface area contributed by atoms with Crippen LogP contribution in [0, 0.1) is 5.92 Å². The molecular formula is C11H19N3.